The molecule has 2 aromatic rings. The Bertz CT molecular complexity index is 697. The second kappa shape index (κ2) is 6.68. The van der Waals surface area contributed by atoms with E-state index < -0.39 is 0 Å². The number of amides is 1. The Morgan fingerprint density at radius 3 is 3.05 bits per heavy atom. The standard InChI is InChI=1S/C12H12ClIN4OS/c1-2-18-10(16-17-12(18)20)6-15-11(19)8-5-7(13)3-4-9(8)14/h3-5H,2,6H2,1H3,(H,15,19)(H,17,20). The summed E-state index contributed by atoms with van der Waals surface area (Å²) in [5.41, 5.74) is 0.551. The van der Waals surface area contributed by atoms with Crippen molar-refractivity contribution in [3.8, 4) is 0 Å². The Labute approximate surface area is 139 Å². The summed E-state index contributed by atoms with van der Waals surface area (Å²) >= 11 is 13.1. The summed E-state index contributed by atoms with van der Waals surface area (Å²) in [5.74, 6) is 0.511. The maximum atomic E-state index is 12.1. The maximum Gasteiger partial charge on any atom is 0.252 e. The Hall–Kier alpha value is -0.930. The highest BCUT2D eigenvalue weighted by Gasteiger charge is 2.12. The largest absolute Gasteiger partial charge is 0.345 e. The minimum atomic E-state index is -0.187. The lowest BCUT2D eigenvalue weighted by Gasteiger charge is -2.08. The van der Waals surface area contributed by atoms with Crippen LogP contribution in [0, 0.1) is 8.34 Å². The van der Waals surface area contributed by atoms with Crippen LogP contribution in [-0.4, -0.2) is 20.7 Å². The van der Waals surface area contributed by atoms with Crippen LogP contribution in [0.2, 0.25) is 5.02 Å². The van der Waals surface area contributed by atoms with Crippen LogP contribution in [0.1, 0.15) is 23.1 Å². The number of H-pyrrole nitrogens is 1. The fourth-order valence-corrected chi connectivity index (χ4v) is 2.77. The lowest BCUT2D eigenvalue weighted by Crippen LogP contribution is -2.25. The Balaban J connectivity index is 2.12. The molecular formula is C12H12ClIN4OS. The van der Waals surface area contributed by atoms with Gasteiger partial charge >= 0.3 is 0 Å². The molecule has 0 bridgehead atoms. The highest BCUT2D eigenvalue weighted by molar-refractivity contribution is 14.1. The van der Waals surface area contributed by atoms with E-state index >= 15 is 0 Å². The summed E-state index contributed by atoms with van der Waals surface area (Å²) in [6.45, 7) is 2.98. The summed E-state index contributed by atoms with van der Waals surface area (Å²) in [5, 5.41) is 10.2. The molecule has 1 aromatic carbocycles. The van der Waals surface area contributed by atoms with Crippen molar-refractivity contribution in [2.24, 2.45) is 0 Å². The zero-order valence-corrected chi connectivity index (χ0v) is 14.3. The van der Waals surface area contributed by atoms with Gasteiger partial charge in [0.2, 0.25) is 0 Å². The maximum absolute atomic E-state index is 12.1. The van der Waals surface area contributed by atoms with E-state index in [2.05, 4.69) is 38.1 Å². The van der Waals surface area contributed by atoms with Gasteiger partial charge in [-0.05, 0) is 59.9 Å². The van der Waals surface area contributed by atoms with E-state index in [1.165, 1.54) is 0 Å². The van der Waals surface area contributed by atoms with Gasteiger partial charge in [-0.15, -0.1) is 0 Å². The van der Waals surface area contributed by atoms with Crippen molar-refractivity contribution in [3.05, 3.63) is 43.0 Å². The van der Waals surface area contributed by atoms with Crippen molar-refractivity contribution in [1.82, 2.24) is 20.1 Å². The van der Waals surface area contributed by atoms with Crippen molar-refractivity contribution >= 4 is 52.3 Å². The summed E-state index contributed by atoms with van der Waals surface area (Å²) in [6.07, 6.45) is 0. The molecule has 0 unspecified atom stereocenters. The smallest absolute Gasteiger partial charge is 0.252 e. The first-order valence-corrected chi connectivity index (χ1v) is 7.76. The first kappa shape index (κ1) is 15.5. The van der Waals surface area contributed by atoms with Crippen molar-refractivity contribution < 1.29 is 4.79 Å². The third-order valence-corrected chi connectivity index (χ3v) is 4.22. The number of nitrogens with one attached hydrogen (secondary N) is 2. The normalized spacial score (nSPS) is 10.6. The monoisotopic (exact) mass is 422 g/mol. The van der Waals surface area contributed by atoms with Crippen LogP contribution < -0.4 is 5.32 Å². The van der Waals surface area contributed by atoms with Gasteiger partial charge in [-0.2, -0.15) is 5.10 Å². The van der Waals surface area contributed by atoms with E-state index in [0.717, 1.165) is 3.57 Å². The molecule has 0 aliphatic rings. The fraction of sp³-hybridized carbons (Fsp3) is 0.250. The molecule has 0 saturated heterocycles. The van der Waals surface area contributed by atoms with Crippen molar-refractivity contribution in [2.75, 3.05) is 0 Å². The Morgan fingerprint density at radius 2 is 2.35 bits per heavy atom. The molecular weight excluding hydrogens is 411 g/mol. The van der Waals surface area contributed by atoms with E-state index in [1.807, 2.05) is 11.5 Å². The molecule has 1 aromatic heterocycles. The molecule has 0 spiro atoms. The summed E-state index contributed by atoms with van der Waals surface area (Å²) in [4.78, 5) is 12.1. The molecule has 2 N–H and O–H groups in total. The third-order valence-electron chi connectivity index (χ3n) is 2.73. The van der Waals surface area contributed by atoms with Gasteiger partial charge in [0.1, 0.15) is 0 Å². The van der Waals surface area contributed by atoms with Gasteiger partial charge in [-0.1, -0.05) is 11.6 Å². The fourth-order valence-electron chi connectivity index (χ4n) is 1.74. The van der Waals surface area contributed by atoms with E-state index in [0.29, 0.717) is 34.3 Å². The predicted molar refractivity (Wildman–Crippen MR) is 88.4 cm³/mol. The number of carbonyl (C=O) groups excluding carboxylic acids is 1. The van der Waals surface area contributed by atoms with Gasteiger partial charge in [-0.3, -0.25) is 9.89 Å². The van der Waals surface area contributed by atoms with Crippen LogP contribution in [0.15, 0.2) is 18.2 Å². The highest BCUT2D eigenvalue weighted by Crippen LogP contribution is 2.17. The molecule has 0 atom stereocenters. The minimum Gasteiger partial charge on any atom is -0.345 e. The zero-order valence-electron chi connectivity index (χ0n) is 10.6. The second-order valence-corrected chi connectivity index (χ2v) is 5.98. The number of aromatic nitrogens is 3. The number of nitrogens with zero attached hydrogens (tertiary/aromatic N) is 2. The molecule has 106 valence electrons. The molecule has 0 aliphatic heterocycles. The quantitative estimate of drug-likeness (QED) is 0.588. The van der Waals surface area contributed by atoms with E-state index in [9.17, 15) is 4.79 Å². The molecule has 8 heteroatoms. The number of rotatable bonds is 4. The van der Waals surface area contributed by atoms with Crippen molar-refractivity contribution in [1.29, 1.82) is 0 Å². The van der Waals surface area contributed by atoms with Crippen molar-refractivity contribution in [2.45, 2.75) is 20.0 Å². The Kier molecular flexibility index (Phi) is 5.17. The molecule has 0 fully saturated rings. The lowest BCUT2D eigenvalue weighted by molar-refractivity contribution is 0.0948. The average Bonchev–Trinajstić information content (AvgIpc) is 2.79. The number of benzene rings is 1. The summed E-state index contributed by atoms with van der Waals surface area (Å²) in [7, 11) is 0. The summed E-state index contributed by atoms with van der Waals surface area (Å²) in [6, 6.07) is 5.21. The molecule has 0 aliphatic carbocycles. The van der Waals surface area contributed by atoms with E-state index in [1.54, 1.807) is 18.2 Å². The number of aromatic amines is 1. The molecule has 5 nitrogen and oxygen atoms in total. The molecule has 0 radical (unpaired) electrons. The summed E-state index contributed by atoms with van der Waals surface area (Å²) < 4.78 is 3.23. The van der Waals surface area contributed by atoms with Gasteiger partial charge in [0.25, 0.3) is 5.91 Å². The first-order chi connectivity index (χ1) is 9.52. The van der Waals surface area contributed by atoms with Gasteiger partial charge in [0.05, 0.1) is 12.1 Å². The van der Waals surface area contributed by atoms with Crippen LogP contribution in [-0.2, 0) is 13.1 Å². The first-order valence-electron chi connectivity index (χ1n) is 5.90. The molecule has 1 amide bonds. The molecule has 1 heterocycles. The zero-order chi connectivity index (χ0) is 14.7. The molecule has 0 saturated carbocycles. The average molecular weight is 423 g/mol. The van der Waals surface area contributed by atoms with E-state index in [4.69, 9.17) is 23.8 Å². The lowest BCUT2D eigenvalue weighted by atomic mass is 10.2. The van der Waals surface area contributed by atoms with E-state index in [-0.39, 0.29) is 5.91 Å². The molecule has 2 rings (SSSR count). The highest BCUT2D eigenvalue weighted by atomic mass is 127. The van der Waals surface area contributed by atoms with Crippen LogP contribution in [0.25, 0.3) is 0 Å². The van der Waals surface area contributed by atoms with Gasteiger partial charge < -0.3 is 9.88 Å². The molecule has 20 heavy (non-hydrogen) atoms. The number of hydrogen-bond donors (Lipinski definition) is 2. The van der Waals surface area contributed by atoms with Crippen molar-refractivity contribution in [3.63, 3.8) is 0 Å². The predicted octanol–water partition coefficient (Wildman–Crippen LogP) is 3.15. The van der Waals surface area contributed by atoms with Gasteiger partial charge in [0.15, 0.2) is 10.6 Å². The topological polar surface area (TPSA) is 62.7 Å². The second-order valence-electron chi connectivity index (χ2n) is 4.00. The number of hydrogen-bond acceptors (Lipinski definition) is 3. The van der Waals surface area contributed by atoms with Crippen LogP contribution in [0.4, 0.5) is 0 Å². The van der Waals surface area contributed by atoms with Gasteiger partial charge in [-0.25, -0.2) is 0 Å². The van der Waals surface area contributed by atoms with Crippen LogP contribution in [0.5, 0.6) is 0 Å². The van der Waals surface area contributed by atoms with Crippen LogP contribution in [0.3, 0.4) is 0 Å². The van der Waals surface area contributed by atoms with Crippen LogP contribution >= 0.6 is 46.4 Å². The minimum absolute atomic E-state index is 0.187. The number of halogens is 2. The number of carbonyl (C=O) groups is 1. The third kappa shape index (κ3) is 3.39. The Morgan fingerprint density at radius 1 is 1.60 bits per heavy atom. The van der Waals surface area contributed by atoms with Gasteiger partial charge in [0, 0.05) is 15.1 Å². The SMILES string of the molecule is CCn1c(CNC(=O)c2cc(Cl)ccc2I)n[nH]c1=S.